The normalized spacial score (nSPS) is 10.1. The molecule has 0 aliphatic heterocycles. The van der Waals surface area contributed by atoms with E-state index in [1.54, 1.807) is 12.1 Å². The lowest BCUT2D eigenvalue weighted by Gasteiger charge is -2.10. The number of benzene rings is 2. The maximum atomic E-state index is 11.4. The molecular formula is C16H11Cl2NO2. The van der Waals surface area contributed by atoms with Gasteiger partial charge in [-0.25, -0.2) is 9.78 Å². The van der Waals surface area contributed by atoms with Crippen LogP contribution in [0.4, 0.5) is 0 Å². The van der Waals surface area contributed by atoms with E-state index in [9.17, 15) is 9.90 Å². The van der Waals surface area contributed by atoms with Gasteiger partial charge in [-0.1, -0.05) is 66.2 Å². The minimum atomic E-state index is -1.07. The van der Waals surface area contributed by atoms with Gasteiger partial charge in [-0.15, -0.1) is 12.4 Å². The third kappa shape index (κ3) is 2.71. The molecule has 1 heterocycles. The Labute approximate surface area is 132 Å². The second kappa shape index (κ2) is 6.12. The first-order valence-corrected chi connectivity index (χ1v) is 6.43. The van der Waals surface area contributed by atoms with Gasteiger partial charge in [-0.2, -0.15) is 0 Å². The second-order valence-corrected chi connectivity index (χ2v) is 4.70. The number of carboxylic acids is 1. The lowest BCUT2D eigenvalue weighted by atomic mass is 10.0. The van der Waals surface area contributed by atoms with E-state index in [1.165, 1.54) is 0 Å². The minimum absolute atomic E-state index is 0. The number of carbonyl (C=O) groups is 1. The fourth-order valence-corrected chi connectivity index (χ4v) is 2.52. The zero-order valence-electron chi connectivity index (χ0n) is 10.8. The number of aromatic nitrogens is 1. The number of aromatic carboxylic acids is 1. The van der Waals surface area contributed by atoms with E-state index < -0.39 is 5.97 Å². The van der Waals surface area contributed by atoms with Gasteiger partial charge in [0.2, 0.25) is 0 Å². The van der Waals surface area contributed by atoms with Gasteiger partial charge < -0.3 is 5.11 Å². The molecule has 3 aromatic rings. The highest BCUT2D eigenvalue weighted by Crippen LogP contribution is 2.32. The number of pyridine rings is 1. The highest BCUT2D eigenvalue weighted by atomic mass is 35.5. The first kappa shape index (κ1) is 15.3. The molecule has 0 aliphatic carbocycles. The molecule has 0 radical (unpaired) electrons. The average molecular weight is 320 g/mol. The smallest absolute Gasteiger partial charge is 0.339 e. The van der Waals surface area contributed by atoms with Crippen LogP contribution < -0.4 is 0 Å². The van der Waals surface area contributed by atoms with Crippen LogP contribution >= 0.6 is 24.0 Å². The van der Waals surface area contributed by atoms with Gasteiger partial charge in [-0.05, 0) is 0 Å². The first-order valence-electron chi connectivity index (χ1n) is 6.05. The zero-order valence-corrected chi connectivity index (χ0v) is 12.4. The Morgan fingerprint density at radius 2 is 1.52 bits per heavy atom. The fourth-order valence-electron chi connectivity index (χ4n) is 2.25. The summed E-state index contributed by atoms with van der Waals surface area (Å²) in [6.45, 7) is 0. The van der Waals surface area contributed by atoms with Crippen molar-refractivity contribution in [1.82, 2.24) is 4.98 Å². The topological polar surface area (TPSA) is 50.2 Å². The van der Waals surface area contributed by atoms with E-state index in [-0.39, 0.29) is 23.1 Å². The Hall–Kier alpha value is -2.10. The van der Waals surface area contributed by atoms with E-state index in [2.05, 4.69) is 4.98 Å². The molecule has 21 heavy (non-hydrogen) atoms. The number of rotatable bonds is 2. The number of fused-ring (bicyclic) bond motifs is 1. The third-order valence-corrected chi connectivity index (χ3v) is 3.40. The van der Waals surface area contributed by atoms with Crippen LogP contribution in [0.2, 0.25) is 5.15 Å². The molecule has 1 aromatic heterocycles. The summed E-state index contributed by atoms with van der Waals surface area (Å²) in [4.78, 5) is 15.6. The summed E-state index contributed by atoms with van der Waals surface area (Å²) >= 11 is 6.06. The SMILES string of the molecule is Cl.O=C(O)c1c(Cl)nc(-c2ccccc2)c2ccccc12. The van der Waals surface area contributed by atoms with Crippen LogP contribution in [0, 0.1) is 0 Å². The highest BCUT2D eigenvalue weighted by Gasteiger charge is 2.18. The monoisotopic (exact) mass is 319 g/mol. The molecule has 106 valence electrons. The molecule has 0 saturated heterocycles. The van der Waals surface area contributed by atoms with Gasteiger partial charge >= 0.3 is 5.97 Å². The first-order chi connectivity index (χ1) is 9.68. The Balaban J connectivity index is 0.00000161. The Morgan fingerprint density at radius 3 is 2.14 bits per heavy atom. The van der Waals surface area contributed by atoms with Crippen LogP contribution in [0.25, 0.3) is 22.0 Å². The van der Waals surface area contributed by atoms with Crippen molar-refractivity contribution < 1.29 is 9.90 Å². The lowest BCUT2D eigenvalue weighted by Crippen LogP contribution is -2.02. The highest BCUT2D eigenvalue weighted by molar-refractivity contribution is 6.34. The summed E-state index contributed by atoms with van der Waals surface area (Å²) in [5, 5.41) is 10.7. The molecule has 0 unspecified atom stereocenters. The van der Waals surface area contributed by atoms with E-state index in [4.69, 9.17) is 11.6 Å². The fraction of sp³-hybridized carbons (Fsp3) is 0. The number of carboxylic acid groups (broad SMARTS) is 1. The minimum Gasteiger partial charge on any atom is -0.478 e. The summed E-state index contributed by atoms with van der Waals surface area (Å²) in [5.74, 6) is -1.07. The van der Waals surface area contributed by atoms with Gasteiger partial charge in [-0.3, -0.25) is 0 Å². The molecule has 0 aliphatic rings. The molecule has 0 spiro atoms. The average Bonchev–Trinajstić information content (AvgIpc) is 2.47. The van der Waals surface area contributed by atoms with Crippen molar-refractivity contribution >= 4 is 40.7 Å². The third-order valence-electron chi connectivity index (χ3n) is 3.13. The Morgan fingerprint density at radius 1 is 0.952 bits per heavy atom. The van der Waals surface area contributed by atoms with Crippen LogP contribution in [0.1, 0.15) is 10.4 Å². The van der Waals surface area contributed by atoms with E-state index in [0.29, 0.717) is 11.1 Å². The molecule has 0 saturated carbocycles. The summed E-state index contributed by atoms with van der Waals surface area (Å²) < 4.78 is 0. The predicted octanol–water partition coefficient (Wildman–Crippen LogP) is 4.68. The van der Waals surface area contributed by atoms with Crippen LogP contribution in [-0.4, -0.2) is 16.1 Å². The molecule has 0 bridgehead atoms. The molecule has 0 fully saturated rings. The van der Waals surface area contributed by atoms with Gasteiger partial charge in [0.25, 0.3) is 0 Å². The van der Waals surface area contributed by atoms with Crippen LogP contribution in [-0.2, 0) is 0 Å². The van der Waals surface area contributed by atoms with Crippen molar-refractivity contribution in [2.45, 2.75) is 0 Å². The number of nitrogens with zero attached hydrogens (tertiary/aromatic N) is 1. The van der Waals surface area contributed by atoms with Gasteiger partial charge in [0, 0.05) is 16.3 Å². The van der Waals surface area contributed by atoms with Crippen molar-refractivity contribution in [3.8, 4) is 11.3 Å². The largest absolute Gasteiger partial charge is 0.478 e. The van der Waals surface area contributed by atoms with Crippen molar-refractivity contribution in [2.24, 2.45) is 0 Å². The molecule has 2 aromatic carbocycles. The molecule has 0 atom stereocenters. The second-order valence-electron chi connectivity index (χ2n) is 4.34. The summed E-state index contributed by atoms with van der Waals surface area (Å²) in [5.41, 5.74) is 1.64. The maximum Gasteiger partial charge on any atom is 0.339 e. The molecule has 3 nitrogen and oxygen atoms in total. The van der Waals surface area contributed by atoms with Gasteiger partial charge in [0.1, 0.15) is 10.7 Å². The number of hydrogen-bond acceptors (Lipinski definition) is 2. The Kier molecular flexibility index (Phi) is 4.46. The van der Waals surface area contributed by atoms with Gasteiger partial charge in [0.05, 0.1) is 5.69 Å². The molecule has 1 N–H and O–H groups in total. The Bertz CT molecular complexity index is 804. The van der Waals surface area contributed by atoms with E-state index in [1.807, 2.05) is 42.5 Å². The van der Waals surface area contributed by atoms with Crippen molar-refractivity contribution in [3.63, 3.8) is 0 Å². The van der Waals surface area contributed by atoms with Crippen molar-refractivity contribution in [3.05, 3.63) is 65.3 Å². The van der Waals surface area contributed by atoms with Crippen LogP contribution in [0.15, 0.2) is 54.6 Å². The standard InChI is InChI=1S/C16H10ClNO2.ClH/c17-15-13(16(19)20)11-8-4-5-9-12(11)14(18-15)10-6-2-1-3-7-10;/h1-9H,(H,19,20);1H. The lowest BCUT2D eigenvalue weighted by molar-refractivity contribution is 0.0699. The molecular weight excluding hydrogens is 309 g/mol. The van der Waals surface area contributed by atoms with Crippen LogP contribution in [0.3, 0.4) is 0 Å². The van der Waals surface area contributed by atoms with E-state index in [0.717, 1.165) is 10.9 Å². The summed E-state index contributed by atoms with van der Waals surface area (Å²) in [6, 6.07) is 16.8. The maximum absolute atomic E-state index is 11.4. The van der Waals surface area contributed by atoms with Crippen molar-refractivity contribution in [2.75, 3.05) is 0 Å². The van der Waals surface area contributed by atoms with Gasteiger partial charge in [0.15, 0.2) is 0 Å². The van der Waals surface area contributed by atoms with Crippen molar-refractivity contribution in [1.29, 1.82) is 0 Å². The molecule has 3 rings (SSSR count). The zero-order chi connectivity index (χ0) is 14.1. The quantitative estimate of drug-likeness (QED) is 0.698. The summed E-state index contributed by atoms with van der Waals surface area (Å²) in [7, 11) is 0. The van der Waals surface area contributed by atoms with E-state index >= 15 is 0 Å². The van der Waals surface area contributed by atoms with Crippen LogP contribution in [0.5, 0.6) is 0 Å². The molecule has 0 amide bonds. The molecule has 5 heteroatoms. The number of halogens is 2. The number of hydrogen-bond donors (Lipinski definition) is 1. The summed E-state index contributed by atoms with van der Waals surface area (Å²) in [6.07, 6.45) is 0. The predicted molar refractivity (Wildman–Crippen MR) is 86.4 cm³/mol.